The molecule has 3 heterocycles. The zero-order valence-corrected chi connectivity index (χ0v) is 27.7. The summed E-state index contributed by atoms with van der Waals surface area (Å²) in [6.07, 6.45) is 0. The summed E-state index contributed by atoms with van der Waals surface area (Å²) in [6, 6.07) is 61.5. The first-order valence-corrected chi connectivity index (χ1v) is 17.7. The Balaban J connectivity index is 1.17. The lowest BCUT2D eigenvalue weighted by Gasteiger charge is -2.26. The number of nitrogens with zero attached hydrogens (tertiary/aromatic N) is 2. The van der Waals surface area contributed by atoms with Crippen LogP contribution in [-0.2, 0) is 0 Å². The first-order valence-electron chi connectivity index (χ1n) is 16.9. The molecule has 0 aliphatic heterocycles. The minimum atomic E-state index is 0.915. The van der Waals surface area contributed by atoms with Gasteiger partial charge in [-0.15, -0.1) is 11.3 Å². The van der Waals surface area contributed by atoms with E-state index in [1.807, 2.05) is 23.5 Å². The highest BCUT2D eigenvalue weighted by Crippen LogP contribution is 2.44. The SMILES string of the molecule is c1ccc(-n2c3ccccc3c3ccc(N(c4ccc5cc6oc7ccccc7c6cc5c4)c4ccc5c(c4)sc4ccccc45)cc32)cc1. The molecular formula is C46H28N2OS. The van der Waals surface area contributed by atoms with E-state index < -0.39 is 0 Å². The van der Waals surface area contributed by atoms with E-state index in [0.717, 1.165) is 50.1 Å². The van der Waals surface area contributed by atoms with Gasteiger partial charge in [-0.3, -0.25) is 0 Å². The summed E-state index contributed by atoms with van der Waals surface area (Å²) >= 11 is 1.85. The van der Waals surface area contributed by atoms with Crippen molar-refractivity contribution in [3.8, 4) is 5.69 Å². The van der Waals surface area contributed by atoms with Gasteiger partial charge in [-0.2, -0.15) is 0 Å². The number of hydrogen-bond acceptors (Lipinski definition) is 3. The van der Waals surface area contributed by atoms with Crippen molar-refractivity contribution in [2.75, 3.05) is 4.90 Å². The highest BCUT2D eigenvalue weighted by Gasteiger charge is 2.19. The molecule has 3 aromatic heterocycles. The quantitative estimate of drug-likeness (QED) is 0.188. The number of benzene rings is 8. The third-order valence-corrected chi connectivity index (χ3v) is 11.3. The molecule has 11 aromatic rings. The largest absolute Gasteiger partial charge is 0.456 e. The summed E-state index contributed by atoms with van der Waals surface area (Å²) in [6.45, 7) is 0. The van der Waals surface area contributed by atoms with Crippen molar-refractivity contribution in [1.29, 1.82) is 0 Å². The first-order chi connectivity index (χ1) is 24.8. The molecule has 0 radical (unpaired) electrons. The second-order valence-corrected chi connectivity index (χ2v) is 14.1. The molecule has 234 valence electrons. The minimum Gasteiger partial charge on any atom is -0.456 e. The van der Waals surface area contributed by atoms with Gasteiger partial charge in [0.05, 0.1) is 11.0 Å². The van der Waals surface area contributed by atoms with E-state index >= 15 is 0 Å². The van der Waals surface area contributed by atoms with Crippen LogP contribution in [0.2, 0.25) is 0 Å². The Kier molecular flexibility index (Phi) is 5.83. The van der Waals surface area contributed by atoms with E-state index in [-0.39, 0.29) is 0 Å². The summed E-state index contributed by atoms with van der Waals surface area (Å²) < 4.78 is 11.2. The van der Waals surface area contributed by atoms with Gasteiger partial charge in [0.1, 0.15) is 11.2 Å². The predicted octanol–water partition coefficient (Wildman–Crippen LogP) is 13.7. The van der Waals surface area contributed by atoms with Gasteiger partial charge in [-0.25, -0.2) is 0 Å². The summed E-state index contributed by atoms with van der Waals surface area (Å²) in [7, 11) is 0. The third kappa shape index (κ3) is 4.09. The molecule has 11 rings (SSSR count). The van der Waals surface area contributed by atoms with Crippen molar-refractivity contribution >= 4 is 103 Å². The van der Waals surface area contributed by atoms with Crippen molar-refractivity contribution in [3.63, 3.8) is 0 Å². The molecule has 4 heteroatoms. The Morgan fingerprint density at radius 3 is 1.96 bits per heavy atom. The number of furan rings is 1. The van der Waals surface area contributed by atoms with Crippen LogP contribution in [0.5, 0.6) is 0 Å². The molecule has 0 fully saturated rings. The molecule has 0 amide bonds. The lowest BCUT2D eigenvalue weighted by molar-refractivity contribution is 0.669. The van der Waals surface area contributed by atoms with Crippen molar-refractivity contribution in [1.82, 2.24) is 4.57 Å². The van der Waals surface area contributed by atoms with Crippen LogP contribution >= 0.6 is 11.3 Å². The maximum Gasteiger partial charge on any atom is 0.136 e. The van der Waals surface area contributed by atoms with E-state index in [9.17, 15) is 0 Å². The summed E-state index contributed by atoms with van der Waals surface area (Å²) in [5.74, 6) is 0. The third-order valence-electron chi connectivity index (χ3n) is 10.1. The number of anilines is 3. The normalized spacial score (nSPS) is 12.0. The number of thiophene rings is 1. The average molecular weight is 657 g/mol. The van der Waals surface area contributed by atoms with Gasteiger partial charge in [-0.05, 0) is 89.6 Å². The standard InChI is InChI=1S/C46H28N2OS/c1-2-10-31(11-3-1)48-41-15-7-4-12-35(41)36-22-20-33(27-42(36)48)47(34-21-23-39-38-14-6-9-17-45(38)50-46(39)28-34)32-19-18-29-26-44-40(25-30(29)24-32)37-13-5-8-16-43(37)49-44/h1-28H. The van der Waals surface area contributed by atoms with E-state index in [2.05, 4.69) is 167 Å². The summed E-state index contributed by atoms with van der Waals surface area (Å²) in [5, 5.41) is 9.69. The van der Waals surface area contributed by atoms with Crippen LogP contribution in [0.15, 0.2) is 174 Å². The van der Waals surface area contributed by atoms with Crippen LogP contribution in [0.1, 0.15) is 0 Å². The number of aromatic nitrogens is 1. The zero-order valence-electron chi connectivity index (χ0n) is 26.9. The van der Waals surface area contributed by atoms with E-state index in [4.69, 9.17) is 4.42 Å². The van der Waals surface area contributed by atoms with Gasteiger partial charge >= 0.3 is 0 Å². The van der Waals surface area contributed by atoms with Gasteiger partial charge in [0.2, 0.25) is 0 Å². The topological polar surface area (TPSA) is 21.3 Å². The molecule has 0 spiro atoms. The van der Waals surface area contributed by atoms with Crippen LogP contribution in [0.25, 0.3) is 80.4 Å². The molecule has 0 bridgehead atoms. The Hall–Kier alpha value is -6.36. The fourth-order valence-electron chi connectivity index (χ4n) is 7.85. The maximum atomic E-state index is 6.24. The number of fused-ring (bicyclic) bond motifs is 10. The Bertz CT molecular complexity index is 3110. The lowest BCUT2D eigenvalue weighted by Crippen LogP contribution is -2.10. The van der Waals surface area contributed by atoms with Gasteiger partial charge in [0.15, 0.2) is 0 Å². The lowest BCUT2D eigenvalue weighted by atomic mass is 10.0. The molecule has 0 atom stereocenters. The Morgan fingerprint density at radius 1 is 0.400 bits per heavy atom. The number of para-hydroxylation sites is 3. The summed E-state index contributed by atoms with van der Waals surface area (Å²) in [4.78, 5) is 2.41. The highest BCUT2D eigenvalue weighted by atomic mass is 32.1. The molecule has 8 aromatic carbocycles. The van der Waals surface area contributed by atoms with Gasteiger partial charge < -0.3 is 13.9 Å². The molecule has 0 N–H and O–H groups in total. The predicted molar refractivity (Wildman–Crippen MR) is 213 cm³/mol. The Labute approximate surface area is 291 Å². The van der Waals surface area contributed by atoms with Crippen LogP contribution in [0, 0.1) is 0 Å². The maximum absolute atomic E-state index is 6.24. The van der Waals surface area contributed by atoms with Crippen LogP contribution < -0.4 is 4.90 Å². The second kappa shape index (κ2) is 10.6. The zero-order chi connectivity index (χ0) is 32.8. The molecule has 0 aliphatic carbocycles. The number of hydrogen-bond donors (Lipinski definition) is 0. The van der Waals surface area contributed by atoms with E-state index in [0.29, 0.717) is 0 Å². The van der Waals surface area contributed by atoms with E-state index in [1.54, 1.807) is 0 Å². The number of rotatable bonds is 4. The average Bonchev–Trinajstić information content (AvgIpc) is 3.83. The van der Waals surface area contributed by atoms with Crippen LogP contribution in [0.4, 0.5) is 17.1 Å². The first kappa shape index (κ1) is 27.6. The molecule has 0 saturated carbocycles. The van der Waals surface area contributed by atoms with Crippen molar-refractivity contribution in [2.45, 2.75) is 0 Å². The van der Waals surface area contributed by atoms with Crippen molar-refractivity contribution < 1.29 is 4.42 Å². The smallest absolute Gasteiger partial charge is 0.136 e. The molecule has 3 nitrogen and oxygen atoms in total. The fourth-order valence-corrected chi connectivity index (χ4v) is 8.99. The molecular weight excluding hydrogens is 629 g/mol. The van der Waals surface area contributed by atoms with Crippen molar-refractivity contribution in [3.05, 3.63) is 170 Å². The van der Waals surface area contributed by atoms with Gasteiger partial charge in [0, 0.05) is 64.5 Å². The van der Waals surface area contributed by atoms with Crippen LogP contribution in [0.3, 0.4) is 0 Å². The highest BCUT2D eigenvalue weighted by molar-refractivity contribution is 7.25. The fraction of sp³-hybridized carbons (Fsp3) is 0. The van der Waals surface area contributed by atoms with Gasteiger partial charge in [0.25, 0.3) is 0 Å². The molecule has 50 heavy (non-hydrogen) atoms. The van der Waals surface area contributed by atoms with Crippen molar-refractivity contribution in [2.24, 2.45) is 0 Å². The molecule has 0 saturated heterocycles. The minimum absolute atomic E-state index is 0.915. The summed E-state index contributed by atoms with van der Waals surface area (Å²) in [5.41, 5.74) is 8.69. The van der Waals surface area contributed by atoms with E-state index in [1.165, 1.54) is 47.4 Å². The molecule has 0 unspecified atom stereocenters. The van der Waals surface area contributed by atoms with Gasteiger partial charge in [-0.1, -0.05) is 91.0 Å². The monoisotopic (exact) mass is 656 g/mol. The second-order valence-electron chi connectivity index (χ2n) is 13.0. The Morgan fingerprint density at radius 2 is 1.06 bits per heavy atom. The van der Waals surface area contributed by atoms with Crippen LogP contribution in [-0.4, -0.2) is 4.57 Å². The molecule has 0 aliphatic rings.